The van der Waals surface area contributed by atoms with Crippen LogP contribution in [0.3, 0.4) is 0 Å². The van der Waals surface area contributed by atoms with Crippen molar-refractivity contribution in [3.05, 3.63) is 70.5 Å². The fourth-order valence-electron chi connectivity index (χ4n) is 6.47. The molecule has 2 aromatic carbocycles. The summed E-state index contributed by atoms with van der Waals surface area (Å²) in [7, 11) is -3.74. The Bertz CT molecular complexity index is 1720. The maximum absolute atomic E-state index is 13.6. The molecule has 1 unspecified atom stereocenters. The molecule has 46 heavy (non-hydrogen) atoms. The minimum Gasteiger partial charge on any atom is -0.494 e. The smallest absolute Gasteiger partial charge is 0.337 e. The SMILES string of the molecule is CCOc1ccc(S(=O)(=O)N2Cc3ccc(-c4c(C)nc(C)c(C(OC(C)(C)C)C(=O)O)c4N4CCC(C)(C)CC4)cc3C2)cc1. The lowest BCUT2D eigenvalue weighted by molar-refractivity contribution is -0.160. The molecular weight excluding hydrogens is 602 g/mol. The number of ether oxygens (including phenoxy) is 2. The fourth-order valence-corrected chi connectivity index (χ4v) is 7.86. The minimum absolute atomic E-state index is 0.188. The molecule has 3 aromatic rings. The van der Waals surface area contributed by atoms with Gasteiger partial charge in [-0.05, 0) is 107 Å². The van der Waals surface area contributed by atoms with Crippen LogP contribution in [0.2, 0.25) is 0 Å². The minimum atomic E-state index is -3.74. The Morgan fingerprint density at radius 2 is 1.63 bits per heavy atom. The largest absolute Gasteiger partial charge is 0.494 e. The number of sulfonamides is 1. The number of hydrogen-bond donors (Lipinski definition) is 1. The van der Waals surface area contributed by atoms with Crippen LogP contribution in [-0.4, -0.2) is 54.1 Å². The van der Waals surface area contributed by atoms with E-state index in [0.717, 1.165) is 59.6 Å². The topological polar surface area (TPSA) is 109 Å². The van der Waals surface area contributed by atoms with Crippen LogP contribution in [0.4, 0.5) is 5.69 Å². The van der Waals surface area contributed by atoms with Crippen molar-refractivity contribution in [2.45, 2.75) is 97.9 Å². The van der Waals surface area contributed by atoms with E-state index in [0.29, 0.717) is 23.6 Å². The Morgan fingerprint density at radius 1 is 1.00 bits per heavy atom. The maximum atomic E-state index is 13.6. The third kappa shape index (κ3) is 6.94. The number of aliphatic carboxylic acids is 1. The third-order valence-electron chi connectivity index (χ3n) is 8.93. The highest BCUT2D eigenvalue weighted by Crippen LogP contribution is 2.45. The molecule has 3 heterocycles. The number of piperidine rings is 1. The predicted molar refractivity (Wildman–Crippen MR) is 180 cm³/mol. The van der Waals surface area contributed by atoms with Crippen LogP contribution in [0, 0.1) is 19.3 Å². The lowest BCUT2D eigenvalue weighted by Gasteiger charge is -2.41. The van der Waals surface area contributed by atoms with Gasteiger partial charge in [-0.1, -0.05) is 26.0 Å². The van der Waals surface area contributed by atoms with Crippen LogP contribution >= 0.6 is 0 Å². The number of aromatic nitrogens is 1. The van der Waals surface area contributed by atoms with Gasteiger partial charge < -0.3 is 19.5 Å². The molecule has 1 aromatic heterocycles. The number of carboxylic acid groups (broad SMARTS) is 1. The molecule has 0 amide bonds. The van der Waals surface area contributed by atoms with Crippen molar-refractivity contribution in [3.63, 3.8) is 0 Å². The van der Waals surface area contributed by atoms with Gasteiger partial charge in [-0.25, -0.2) is 13.2 Å². The molecule has 0 bridgehead atoms. The highest BCUT2D eigenvalue weighted by Gasteiger charge is 2.37. The van der Waals surface area contributed by atoms with Crippen molar-refractivity contribution in [1.29, 1.82) is 0 Å². The maximum Gasteiger partial charge on any atom is 0.337 e. The molecule has 0 spiro atoms. The normalized spacial score (nSPS) is 17.5. The Kier molecular flexibility index (Phi) is 9.29. The summed E-state index contributed by atoms with van der Waals surface area (Å²) in [5.74, 6) is -0.430. The van der Waals surface area contributed by atoms with Crippen molar-refractivity contribution < 1.29 is 27.8 Å². The number of anilines is 1. The van der Waals surface area contributed by atoms with Gasteiger partial charge in [0.2, 0.25) is 10.0 Å². The van der Waals surface area contributed by atoms with Gasteiger partial charge in [-0.3, -0.25) is 4.98 Å². The summed E-state index contributed by atoms with van der Waals surface area (Å²) >= 11 is 0. The molecule has 0 saturated carbocycles. The predicted octanol–water partition coefficient (Wildman–Crippen LogP) is 7.04. The molecule has 2 aliphatic heterocycles. The van der Waals surface area contributed by atoms with Crippen LogP contribution < -0.4 is 9.64 Å². The lowest BCUT2D eigenvalue weighted by Crippen LogP contribution is -2.39. The van der Waals surface area contributed by atoms with E-state index in [9.17, 15) is 18.3 Å². The Morgan fingerprint density at radius 3 is 2.22 bits per heavy atom. The molecule has 1 fully saturated rings. The second-order valence-corrected chi connectivity index (χ2v) is 16.1. The van der Waals surface area contributed by atoms with Gasteiger partial charge in [-0.2, -0.15) is 4.31 Å². The number of aryl methyl sites for hydroxylation is 2. The summed E-state index contributed by atoms with van der Waals surface area (Å²) in [4.78, 5) is 20.2. The number of pyridine rings is 1. The fraction of sp³-hybridized carbons (Fsp3) is 0.500. The van der Waals surface area contributed by atoms with E-state index in [2.05, 4.69) is 18.7 Å². The average Bonchev–Trinajstić information content (AvgIpc) is 3.40. The van der Waals surface area contributed by atoms with Gasteiger partial charge in [-0.15, -0.1) is 0 Å². The second kappa shape index (κ2) is 12.6. The molecule has 248 valence electrons. The van der Waals surface area contributed by atoms with E-state index in [1.807, 2.05) is 59.7 Å². The number of carboxylic acids is 1. The van der Waals surface area contributed by atoms with Crippen LogP contribution in [-0.2, 0) is 32.6 Å². The van der Waals surface area contributed by atoms with E-state index in [4.69, 9.17) is 14.5 Å². The van der Waals surface area contributed by atoms with Gasteiger partial charge in [0, 0.05) is 48.7 Å². The lowest BCUT2D eigenvalue weighted by atomic mass is 9.81. The molecule has 2 aliphatic rings. The Hall–Kier alpha value is -3.47. The number of hydrogen-bond acceptors (Lipinski definition) is 7. The molecular formula is C36H47N3O6S. The van der Waals surface area contributed by atoms with E-state index in [1.54, 1.807) is 24.3 Å². The van der Waals surface area contributed by atoms with Gasteiger partial charge in [0.1, 0.15) is 5.75 Å². The highest BCUT2D eigenvalue weighted by molar-refractivity contribution is 7.89. The molecule has 9 nitrogen and oxygen atoms in total. The van der Waals surface area contributed by atoms with Crippen molar-refractivity contribution in [2.75, 3.05) is 24.6 Å². The summed E-state index contributed by atoms with van der Waals surface area (Å²) in [5, 5.41) is 10.5. The number of rotatable bonds is 9. The molecule has 5 rings (SSSR count). The van der Waals surface area contributed by atoms with E-state index in [-0.39, 0.29) is 23.4 Å². The Labute approximate surface area is 273 Å². The zero-order valence-corrected chi connectivity index (χ0v) is 29.1. The van der Waals surface area contributed by atoms with E-state index >= 15 is 0 Å². The van der Waals surface area contributed by atoms with Crippen LogP contribution in [0.25, 0.3) is 11.1 Å². The zero-order valence-electron chi connectivity index (χ0n) is 28.3. The molecule has 0 radical (unpaired) electrons. The summed E-state index contributed by atoms with van der Waals surface area (Å²) in [6, 6.07) is 12.6. The molecule has 1 atom stereocenters. The molecule has 0 aliphatic carbocycles. The quantitative estimate of drug-likeness (QED) is 0.263. The number of nitrogens with zero attached hydrogens (tertiary/aromatic N) is 3. The monoisotopic (exact) mass is 649 g/mol. The summed E-state index contributed by atoms with van der Waals surface area (Å²) in [6.45, 7) is 18.4. The second-order valence-electron chi connectivity index (χ2n) is 14.2. The van der Waals surface area contributed by atoms with Crippen molar-refractivity contribution in [1.82, 2.24) is 9.29 Å². The number of carbonyl (C=O) groups is 1. The van der Waals surface area contributed by atoms with Crippen LogP contribution in [0.1, 0.15) is 88.6 Å². The van der Waals surface area contributed by atoms with Gasteiger partial charge in [0.05, 0.1) is 22.8 Å². The van der Waals surface area contributed by atoms with E-state index < -0.39 is 27.7 Å². The van der Waals surface area contributed by atoms with E-state index in [1.165, 1.54) is 4.31 Å². The molecule has 10 heteroatoms. The molecule has 1 N–H and O–H groups in total. The highest BCUT2D eigenvalue weighted by atomic mass is 32.2. The third-order valence-corrected chi connectivity index (χ3v) is 10.7. The van der Waals surface area contributed by atoms with Crippen molar-refractivity contribution in [2.24, 2.45) is 5.41 Å². The standard InChI is InChI=1S/C36H47N3O6S/c1-9-44-28-12-14-29(15-13-28)46(42,43)39-21-26-11-10-25(20-27(26)22-39)30-23(2)37-24(3)31(33(34(40)41)45-35(4,5)6)32(30)38-18-16-36(7,8)17-19-38/h10-15,20,33H,9,16-19,21-22H2,1-8H3,(H,40,41). The first-order chi connectivity index (χ1) is 21.5. The molecule has 1 saturated heterocycles. The zero-order chi connectivity index (χ0) is 33.6. The number of benzene rings is 2. The van der Waals surface area contributed by atoms with Crippen molar-refractivity contribution in [3.8, 4) is 16.9 Å². The first kappa shape index (κ1) is 33.9. The first-order valence-electron chi connectivity index (χ1n) is 16.0. The average molecular weight is 650 g/mol. The Balaban J connectivity index is 1.59. The van der Waals surface area contributed by atoms with Crippen molar-refractivity contribution >= 4 is 21.7 Å². The first-order valence-corrected chi connectivity index (χ1v) is 17.5. The van der Waals surface area contributed by atoms with Crippen LogP contribution in [0.5, 0.6) is 5.75 Å². The summed E-state index contributed by atoms with van der Waals surface area (Å²) in [6.07, 6.45) is 0.723. The van der Waals surface area contributed by atoms with Crippen LogP contribution in [0.15, 0.2) is 47.4 Å². The summed E-state index contributed by atoms with van der Waals surface area (Å²) < 4.78 is 40.4. The van der Waals surface area contributed by atoms with Gasteiger partial charge in [0.15, 0.2) is 6.10 Å². The number of fused-ring (bicyclic) bond motifs is 1. The summed E-state index contributed by atoms with van der Waals surface area (Å²) in [5.41, 5.74) is 5.92. The van der Waals surface area contributed by atoms with Gasteiger partial charge in [0.25, 0.3) is 0 Å². The van der Waals surface area contributed by atoms with Gasteiger partial charge >= 0.3 is 5.97 Å².